The molecule has 3 rings (SSSR count). The first kappa shape index (κ1) is 11.3. The third-order valence-corrected chi connectivity index (χ3v) is 3.73. The van der Waals surface area contributed by atoms with Gasteiger partial charge in [0, 0.05) is 0 Å². The molecule has 0 amide bonds. The smallest absolute Gasteiger partial charge is 0.00604 e. The summed E-state index contributed by atoms with van der Waals surface area (Å²) in [5.74, 6) is 0. The van der Waals surface area contributed by atoms with E-state index in [0.717, 1.165) is 12.8 Å². The Kier molecular flexibility index (Phi) is 2.79. The van der Waals surface area contributed by atoms with Crippen LogP contribution in [0.15, 0.2) is 48.0 Å². The predicted octanol–water partition coefficient (Wildman–Crippen LogP) is 4.88. The lowest BCUT2D eigenvalue weighted by Gasteiger charge is -2.13. The first-order valence-corrected chi connectivity index (χ1v) is 6.67. The van der Waals surface area contributed by atoms with E-state index in [-0.39, 0.29) is 0 Å². The normalized spacial score (nSPS) is 13.3. The lowest BCUT2D eigenvalue weighted by molar-refractivity contribution is 1.12. The van der Waals surface area contributed by atoms with Gasteiger partial charge in [-0.15, -0.1) is 0 Å². The van der Waals surface area contributed by atoms with Gasteiger partial charge in [-0.25, -0.2) is 0 Å². The Morgan fingerprint density at radius 3 is 2.50 bits per heavy atom. The van der Waals surface area contributed by atoms with Crippen LogP contribution in [0.5, 0.6) is 0 Å². The van der Waals surface area contributed by atoms with Crippen molar-refractivity contribution < 1.29 is 0 Å². The van der Waals surface area contributed by atoms with Crippen molar-refractivity contribution in [1.82, 2.24) is 0 Å². The zero-order valence-corrected chi connectivity index (χ0v) is 11.0. The van der Waals surface area contributed by atoms with Crippen molar-refractivity contribution in [3.05, 3.63) is 64.7 Å². The summed E-state index contributed by atoms with van der Waals surface area (Å²) in [6.07, 6.45) is 4.56. The number of fused-ring (bicyclic) bond motifs is 1. The van der Waals surface area contributed by atoms with Crippen molar-refractivity contribution in [2.24, 2.45) is 0 Å². The first-order chi connectivity index (χ1) is 8.79. The molecule has 0 radical (unpaired) electrons. The van der Waals surface area contributed by atoms with Gasteiger partial charge in [0.1, 0.15) is 0 Å². The molecule has 0 N–H and O–H groups in total. The van der Waals surface area contributed by atoms with Crippen LogP contribution in [0.4, 0.5) is 0 Å². The maximum absolute atomic E-state index is 2.36. The lowest BCUT2D eigenvalue weighted by Crippen LogP contribution is -1.94. The van der Waals surface area contributed by atoms with E-state index >= 15 is 0 Å². The molecule has 0 fully saturated rings. The Labute approximate surface area is 109 Å². The highest BCUT2D eigenvalue weighted by molar-refractivity contribution is 5.83. The van der Waals surface area contributed by atoms with Crippen molar-refractivity contribution in [1.29, 1.82) is 0 Å². The standard InChI is InChI=1S/C18H18/c1-3-14-9-10-16-11-13(2)12-17(16)18(14)15-7-5-4-6-8-15/h4-10,12H,3,11H2,1-2H3. The molecule has 0 aromatic heterocycles. The van der Waals surface area contributed by atoms with E-state index in [1.807, 2.05) is 0 Å². The quantitative estimate of drug-likeness (QED) is 0.695. The molecule has 1 aliphatic rings. The second kappa shape index (κ2) is 4.45. The molecule has 90 valence electrons. The Morgan fingerprint density at radius 1 is 1.00 bits per heavy atom. The molecular formula is C18H18. The van der Waals surface area contributed by atoms with Crippen LogP contribution in [0, 0.1) is 0 Å². The number of hydrogen-bond acceptors (Lipinski definition) is 0. The third kappa shape index (κ3) is 1.78. The second-order valence-corrected chi connectivity index (χ2v) is 5.06. The summed E-state index contributed by atoms with van der Waals surface area (Å²) >= 11 is 0. The molecule has 0 spiro atoms. The number of rotatable bonds is 2. The van der Waals surface area contributed by atoms with Gasteiger partial charge in [-0.2, -0.15) is 0 Å². The topological polar surface area (TPSA) is 0 Å². The fourth-order valence-corrected chi connectivity index (χ4v) is 2.87. The molecule has 2 aromatic rings. The summed E-state index contributed by atoms with van der Waals surface area (Å²) in [6, 6.07) is 15.4. The van der Waals surface area contributed by atoms with Crippen LogP contribution >= 0.6 is 0 Å². The van der Waals surface area contributed by atoms with Gasteiger partial charge in [-0.05, 0) is 47.6 Å². The summed E-state index contributed by atoms with van der Waals surface area (Å²) < 4.78 is 0. The van der Waals surface area contributed by atoms with E-state index in [1.165, 1.54) is 33.4 Å². The molecule has 0 atom stereocenters. The highest BCUT2D eigenvalue weighted by Crippen LogP contribution is 2.36. The Morgan fingerprint density at radius 2 is 1.78 bits per heavy atom. The Bertz CT molecular complexity index is 603. The molecule has 0 unspecified atom stereocenters. The van der Waals surface area contributed by atoms with Gasteiger partial charge < -0.3 is 0 Å². The Balaban J connectivity index is 2.27. The molecule has 0 aliphatic heterocycles. The van der Waals surface area contributed by atoms with E-state index in [4.69, 9.17) is 0 Å². The average molecular weight is 234 g/mol. The van der Waals surface area contributed by atoms with Crippen molar-refractivity contribution in [3.8, 4) is 11.1 Å². The lowest BCUT2D eigenvalue weighted by atomic mass is 9.91. The van der Waals surface area contributed by atoms with Gasteiger partial charge in [0.25, 0.3) is 0 Å². The summed E-state index contributed by atoms with van der Waals surface area (Å²) in [6.45, 7) is 4.46. The minimum absolute atomic E-state index is 1.09. The fourth-order valence-electron chi connectivity index (χ4n) is 2.87. The van der Waals surface area contributed by atoms with E-state index in [9.17, 15) is 0 Å². The van der Waals surface area contributed by atoms with E-state index in [1.54, 1.807) is 0 Å². The minimum atomic E-state index is 1.09. The van der Waals surface area contributed by atoms with Crippen LogP contribution in [-0.4, -0.2) is 0 Å². The molecule has 2 aromatic carbocycles. The molecule has 18 heavy (non-hydrogen) atoms. The predicted molar refractivity (Wildman–Crippen MR) is 78.6 cm³/mol. The van der Waals surface area contributed by atoms with Crippen LogP contribution < -0.4 is 0 Å². The molecule has 0 heterocycles. The Hall–Kier alpha value is -1.82. The largest absolute Gasteiger partial charge is 0.0683 e. The zero-order valence-electron chi connectivity index (χ0n) is 11.0. The third-order valence-electron chi connectivity index (χ3n) is 3.73. The van der Waals surface area contributed by atoms with Gasteiger partial charge in [-0.1, -0.05) is 61.0 Å². The average Bonchev–Trinajstić information content (AvgIpc) is 2.78. The molecule has 0 saturated carbocycles. The van der Waals surface area contributed by atoms with Crippen LogP contribution in [0.25, 0.3) is 17.2 Å². The van der Waals surface area contributed by atoms with Gasteiger partial charge in [-0.3, -0.25) is 0 Å². The molecule has 0 heteroatoms. The maximum atomic E-state index is 2.36. The zero-order chi connectivity index (χ0) is 12.5. The fraction of sp³-hybridized carbons (Fsp3) is 0.222. The number of hydrogen-bond donors (Lipinski definition) is 0. The van der Waals surface area contributed by atoms with Crippen molar-refractivity contribution >= 4 is 6.08 Å². The van der Waals surface area contributed by atoms with E-state index in [2.05, 4.69) is 62.4 Å². The van der Waals surface area contributed by atoms with E-state index < -0.39 is 0 Å². The van der Waals surface area contributed by atoms with Gasteiger partial charge in [0.2, 0.25) is 0 Å². The van der Waals surface area contributed by atoms with Crippen LogP contribution in [0.1, 0.15) is 30.5 Å². The second-order valence-electron chi connectivity index (χ2n) is 5.06. The maximum Gasteiger partial charge on any atom is -0.00604 e. The van der Waals surface area contributed by atoms with Gasteiger partial charge in [0.05, 0.1) is 0 Å². The summed E-state index contributed by atoms with van der Waals surface area (Å²) in [4.78, 5) is 0. The summed E-state index contributed by atoms with van der Waals surface area (Å²) in [5, 5.41) is 0. The molecule has 0 saturated heterocycles. The highest BCUT2D eigenvalue weighted by atomic mass is 14.2. The SMILES string of the molecule is CCc1ccc2c(c1-c1ccccc1)C=C(C)C2. The van der Waals surface area contributed by atoms with Crippen molar-refractivity contribution in [2.45, 2.75) is 26.7 Å². The number of benzene rings is 2. The van der Waals surface area contributed by atoms with E-state index in [0.29, 0.717) is 0 Å². The first-order valence-electron chi connectivity index (χ1n) is 6.67. The summed E-state index contributed by atoms with van der Waals surface area (Å²) in [5.41, 5.74) is 8.62. The van der Waals surface area contributed by atoms with Crippen LogP contribution in [-0.2, 0) is 12.8 Å². The molecule has 0 bridgehead atoms. The minimum Gasteiger partial charge on any atom is -0.0683 e. The summed E-state index contributed by atoms with van der Waals surface area (Å²) in [7, 11) is 0. The molecular weight excluding hydrogens is 216 g/mol. The monoisotopic (exact) mass is 234 g/mol. The van der Waals surface area contributed by atoms with Gasteiger partial charge in [0.15, 0.2) is 0 Å². The molecule has 0 nitrogen and oxygen atoms in total. The van der Waals surface area contributed by atoms with Crippen LogP contribution in [0.3, 0.4) is 0 Å². The van der Waals surface area contributed by atoms with Crippen LogP contribution in [0.2, 0.25) is 0 Å². The number of aryl methyl sites for hydroxylation is 1. The van der Waals surface area contributed by atoms with Crippen molar-refractivity contribution in [2.75, 3.05) is 0 Å². The van der Waals surface area contributed by atoms with Crippen molar-refractivity contribution in [3.63, 3.8) is 0 Å². The highest BCUT2D eigenvalue weighted by Gasteiger charge is 2.16. The molecule has 1 aliphatic carbocycles. The number of allylic oxidation sites excluding steroid dienone is 1. The van der Waals surface area contributed by atoms with Gasteiger partial charge >= 0.3 is 0 Å².